The molecule has 1 aliphatic heterocycles. The van der Waals surface area contributed by atoms with Crippen molar-refractivity contribution in [2.45, 2.75) is 51.0 Å². The number of urea groups is 1. The molecule has 1 saturated carbocycles. The summed E-state index contributed by atoms with van der Waals surface area (Å²) in [5.74, 6) is -0.913. The smallest absolute Gasteiger partial charge is 0.325 e. The third kappa shape index (κ3) is 2.57. The molecule has 19 heavy (non-hydrogen) atoms. The summed E-state index contributed by atoms with van der Waals surface area (Å²) in [6.45, 7) is 1.59. The Morgan fingerprint density at radius 2 is 2.05 bits per heavy atom. The van der Waals surface area contributed by atoms with Crippen molar-refractivity contribution in [1.29, 1.82) is 0 Å². The van der Waals surface area contributed by atoms with E-state index in [2.05, 4.69) is 12.2 Å². The number of carbonyl (C=O) groups excluding carboxylic acids is 2. The zero-order valence-corrected chi connectivity index (χ0v) is 11.1. The number of nitrogens with zero attached hydrogens (tertiary/aromatic N) is 1. The van der Waals surface area contributed by atoms with Crippen molar-refractivity contribution >= 4 is 17.9 Å². The van der Waals surface area contributed by atoms with Gasteiger partial charge in [0.2, 0.25) is 0 Å². The first-order valence-electron chi connectivity index (χ1n) is 6.84. The molecule has 1 aliphatic carbocycles. The lowest BCUT2D eigenvalue weighted by molar-refractivity contribution is -0.143. The van der Waals surface area contributed by atoms with Gasteiger partial charge in [0.25, 0.3) is 5.91 Å². The Morgan fingerprint density at radius 1 is 1.42 bits per heavy atom. The van der Waals surface area contributed by atoms with Crippen molar-refractivity contribution in [3.05, 3.63) is 0 Å². The van der Waals surface area contributed by atoms with Crippen molar-refractivity contribution in [2.24, 2.45) is 5.92 Å². The van der Waals surface area contributed by atoms with E-state index < -0.39 is 24.1 Å². The summed E-state index contributed by atoms with van der Waals surface area (Å²) in [6, 6.07) is -0.568. The number of aliphatic carboxylic acids is 1. The fourth-order valence-corrected chi connectivity index (χ4v) is 3.16. The molecule has 2 fully saturated rings. The number of rotatable bonds is 4. The Bertz CT molecular complexity index is 399. The number of hydrogen-bond acceptors (Lipinski definition) is 3. The van der Waals surface area contributed by atoms with E-state index in [4.69, 9.17) is 5.11 Å². The fourth-order valence-electron chi connectivity index (χ4n) is 3.16. The molecule has 2 N–H and O–H groups in total. The summed E-state index contributed by atoms with van der Waals surface area (Å²) < 4.78 is 0. The van der Waals surface area contributed by atoms with Gasteiger partial charge in [0.15, 0.2) is 0 Å². The molecule has 3 amide bonds. The molecule has 0 bridgehead atoms. The summed E-state index contributed by atoms with van der Waals surface area (Å²) in [6.07, 6.45) is 5.36. The maximum Gasteiger partial charge on any atom is 0.325 e. The largest absolute Gasteiger partial charge is 0.480 e. The van der Waals surface area contributed by atoms with Crippen LogP contribution in [0.15, 0.2) is 0 Å². The maximum absolute atomic E-state index is 12.3. The summed E-state index contributed by atoms with van der Waals surface area (Å²) in [5, 5.41) is 11.4. The first kappa shape index (κ1) is 13.8. The van der Waals surface area contributed by atoms with Gasteiger partial charge in [-0.15, -0.1) is 0 Å². The third-order valence-corrected chi connectivity index (χ3v) is 4.19. The van der Waals surface area contributed by atoms with Crippen molar-refractivity contribution in [2.75, 3.05) is 6.54 Å². The molecule has 1 saturated heterocycles. The maximum atomic E-state index is 12.3. The monoisotopic (exact) mass is 268 g/mol. The topological polar surface area (TPSA) is 86.7 Å². The molecular formula is C13H20N2O4. The second kappa shape index (κ2) is 5.19. The molecule has 1 heterocycles. The van der Waals surface area contributed by atoms with Crippen LogP contribution in [-0.2, 0) is 9.59 Å². The van der Waals surface area contributed by atoms with Gasteiger partial charge in [0.05, 0.1) is 0 Å². The Labute approximate surface area is 112 Å². The van der Waals surface area contributed by atoms with Crippen LogP contribution in [0.25, 0.3) is 0 Å². The van der Waals surface area contributed by atoms with Gasteiger partial charge >= 0.3 is 12.0 Å². The summed E-state index contributed by atoms with van der Waals surface area (Å²) >= 11 is 0. The van der Waals surface area contributed by atoms with E-state index in [1.54, 1.807) is 0 Å². The fraction of sp³-hybridized carbons (Fsp3) is 0.769. The molecule has 2 aliphatic rings. The lowest BCUT2D eigenvalue weighted by atomic mass is 9.75. The normalized spacial score (nSPS) is 30.8. The first-order chi connectivity index (χ1) is 8.98. The standard InChI is InChI=1S/C13H20N2O4/c1-2-3-9-4-6-13(7-5-9)11(18)15(8-10(16)17)12(19)14-13/h9H,2-8H2,1H3,(H,14,19)(H,16,17). The van der Waals surface area contributed by atoms with Crippen LogP contribution in [0.1, 0.15) is 45.4 Å². The predicted octanol–water partition coefficient (Wildman–Crippen LogP) is 1.35. The lowest BCUT2D eigenvalue weighted by Crippen LogP contribution is -2.49. The zero-order valence-electron chi connectivity index (χ0n) is 11.1. The van der Waals surface area contributed by atoms with Crippen molar-refractivity contribution < 1.29 is 19.5 Å². The van der Waals surface area contributed by atoms with Gasteiger partial charge in [-0.05, 0) is 31.6 Å². The third-order valence-electron chi connectivity index (χ3n) is 4.19. The molecule has 0 radical (unpaired) electrons. The van der Waals surface area contributed by atoms with E-state index in [0.29, 0.717) is 18.8 Å². The predicted molar refractivity (Wildman–Crippen MR) is 67.5 cm³/mol. The highest BCUT2D eigenvalue weighted by atomic mass is 16.4. The highest BCUT2D eigenvalue weighted by Crippen LogP contribution is 2.37. The first-order valence-corrected chi connectivity index (χ1v) is 6.84. The van der Waals surface area contributed by atoms with E-state index >= 15 is 0 Å². The number of carbonyl (C=O) groups is 3. The molecule has 2 rings (SSSR count). The number of imide groups is 1. The van der Waals surface area contributed by atoms with Gasteiger partial charge < -0.3 is 10.4 Å². The minimum Gasteiger partial charge on any atom is -0.480 e. The number of hydrogen-bond donors (Lipinski definition) is 2. The highest BCUT2D eigenvalue weighted by molar-refractivity contribution is 6.08. The van der Waals surface area contributed by atoms with E-state index in [1.165, 1.54) is 0 Å². The molecule has 0 aromatic rings. The average Bonchev–Trinajstić information content (AvgIpc) is 2.57. The Kier molecular flexibility index (Phi) is 3.78. The SMILES string of the molecule is CCCC1CCC2(CC1)NC(=O)N(CC(=O)O)C2=O. The van der Waals surface area contributed by atoms with Crippen LogP contribution >= 0.6 is 0 Å². The molecule has 0 aromatic heterocycles. The lowest BCUT2D eigenvalue weighted by Gasteiger charge is -2.34. The van der Waals surface area contributed by atoms with Gasteiger partial charge in [0, 0.05) is 0 Å². The van der Waals surface area contributed by atoms with E-state index in [1.807, 2.05) is 0 Å². The van der Waals surface area contributed by atoms with Crippen LogP contribution in [0.5, 0.6) is 0 Å². The van der Waals surface area contributed by atoms with E-state index in [9.17, 15) is 14.4 Å². The minimum atomic E-state index is -1.17. The Balaban J connectivity index is 2.04. The van der Waals surface area contributed by atoms with Crippen molar-refractivity contribution in [3.63, 3.8) is 0 Å². The van der Waals surface area contributed by atoms with Crippen LogP contribution in [0.4, 0.5) is 4.79 Å². The van der Waals surface area contributed by atoms with Crippen LogP contribution in [0.3, 0.4) is 0 Å². The van der Waals surface area contributed by atoms with Gasteiger partial charge in [-0.1, -0.05) is 19.8 Å². The van der Waals surface area contributed by atoms with E-state index in [-0.39, 0.29) is 5.91 Å². The number of amides is 3. The van der Waals surface area contributed by atoms with Crippen LogP contribution < -0.4 is 5.32 Å². The second-order valence-electron chi connectivity index (χ2n) is 5.53. The molecule has 6 heteroatoms. The average molecular weight is 268 g/mol. The molecule has 106 valence electrons. The Morgan fingerprint density at radius 3 is 2.58 bits per heavy atom. The molecule has 0 aromatic carbocycles. The second-order valence-corrected chi connectivity index (χ2v) is 5.53. The molecular weight excluding hydrogens is 248 g/mol. The van der Waals surface area contributed by atoms with Gasteiger partial charge in [0.1, 0.15) is 12.1 Å². The number of nitrogens with one attached hydrogen (secondary N) is 1. The summed E-state index contributed by atoms with van der Waals surface area (Å²) in [7, 11) is 0. The summed E-state index contributed by atoms with van der Waals surface area (Å²) in [4.78, 5) is 35.5. The van der Waals surface area contributed by atoms with Crippen molar-refractivity contribution in [3.8, 4) is 0 Å². The summed E-state index contributed by atoms with van der Waals surface area (Å²) in [5.41, 5.74) is -0.837. The molecule has 1 spiro atoms. The highest BCUT2D eigenvalue weighted by Gasteiger charge is 2.52. The zero-order chi connectivity index (χ0) is 14.0. The Hall–Kier alpha value is -1.59. The van der Waals surface area contributed by atoms with Gasteiger partial charge in [-0.25, -0.2) is 4.79 Å². The quantitative estimate of drug-likeness (QED) is 0.753. The molecule has 0 atom stereocenters. The van der Waals surface area contributed by atoms with Crippen LogP contribution in [0, 0.1) is 5.92 Å². The number of carboxylic acids is 1. The van der Waals surface area contributed by atoms with Gasteiger partial charge in [-0.3, -0.25) is 14.5 Å². The van der Waals surface area contributed by atoms with Crippen LogP contribution in [0.2, 0.25) is 0 Å². The van der Waals surface area contributed by atoms with Gasteiger partial charge in [-0.2, -0.15) is 0 Å². The van der Waals surface area contributed by atoms with Crippen LogP contribution in [-0.4, -0.2) is 40.0 Å². The molecule has 0 unspecified atom stereocenters. The molecule has 6 nitrogen and oxygen atoms in total. The number of carboxylic acid groups (broad SMARTS) is 1. The minimum absolute atomic E-state index is 0.366. The van der Waals surface area contributed by atoms with E-state index in [0.717, 1.165) is 30.6 Å². The van der Waals surface area contributed by atoms with Crippen molar-refractivity contribution in [1.82, 2.24) is 10.2 Å².